The molecule has 2 aromatic heterocycles. The summed E-state index contributed by atoms with van der Waals surface area (Å²) < 4.78 is 35.4. The molecule has 0 unspecified atom stereocenters. The summed E-state index contributed by atoms with van der Waals surface area (Å²) >= 11 is 0. The molecule has 38 heavy (non-hydrogen) atoms. The van der Waals surface area contributed by atoms with Crippen LogP contribution in [0.2, 0.25) is 0 Å². The molecule has 0 saturated carbocycles. The van der Waals surface area contributed by atoms with Crippen molar-refractivity contribution in [2.45, 2.75) is 37.4 Å². The van der Waals surface area contributed by atoms with E-state index in [9.17, 15) is 38.1 Å². The molecular formula is C22H24N6O9S. The molecule has 1 amide bonds. The molecule has 1 aromatic carbocycles. The van der Waals surface area contributed by atoms with Gasteiger partial charge in [0.15, 0.2) is 17.7 Å². The molecular weight excluding hydrogens is 524 g/mol. The number of hydrogen-bond donors (Lipinski definition) is 6. The van der Waals surface area contributed by atoms with E-state index in [0.29, 0.717) is 11.2 Å². The van der Waals surface area contributed by atoms with Crippen LogP contribution < -0.4 is 15.2 Å². The molecule has 1 aliphatic rings. The summed E-state index contributed by atoms with van der Waals surface area (Å²) in [5, 5.41) is 30.0. The highest BCUT2D eigenvalue weighted by molar-refractivity contribution is 7.88. The number of aliphatic hydroxyl groups excluding tert-OH is 2. The number of nitrogens with zero attached hydrogens (tertiary/aromatic N) is 3. The first kappa shape index (κ1) is 27.1. The maximum atomic E-state index is 12.3. The first-order chi connectivity index (χ1) is 18.0. The Labute approximate surface area is 215 Å². The Morgan fingerprint density at radius 2 is 1.76 bits per heavy atom. The third-order valence-electron chi connectivity index (χ3n) is 5.86. The minimum atomic E-state index is -4.43. The zero-order valence-electron chi connectivity index (χ0n) is 19.6. The van der Waals surface area contributed by atoms with Gasteiger partial charge in [-0.15, -0.1) is 0 Å². The largest absolute Gasteiger partial charge is 0.478 e. The highest BCUT2D eigenvalue weighted by Gasteiger charge is 2.44. The molecule has 16 heteroatoms. The van der Waals surface area contributed by atoms with Gasteiger partial charge in [-0.2, -0.15) is 13.1 Å². The molecule has 202 valence electrons. The van der Waals surface area contributed by atoms with Crippen LogP contribution in [0.25, 0.3) is 11.2 Å². The number of carbonyl (C=O) groups is 3. The summed E-state index contributed by atoms with van der Waals surface area (Å²) in [7, 11) is -4.43. The van der Waals surface area contributed by atoms with Crippen LogP contribution in [0.4, 0.5) is 5.69 Å². The molecule has 15 nitrogen and oxygen atoms in total. The Kier molecular flexibility index (Phi) is 7.70. The maximum absolute atomic E-state index is 12.3. The third-order valence-corrected chi connectivity index (χ3v) is 6.91. The number of benzene rings is 1. The number of carboxylic acids is 1. The van der Waals surface area contributed by atoms with Crippen molar-refractivity contribution in [3.05, 3.63) is 54.0 Å². The van der Waals surface area contributed by atoms with E-state index in [0.717, 1.165) is 0 Å². The van der Waals surface area contributed by atoms with E-state index in [1.54, 1.807) is 4.72 Å². The molecule has 1 saturated heterocycles. The molecule has 0 aliphatic carbocycles. The van der Waals surface area contributed by atoms with Gasteiger partial charge in [-0.25, -0.2) is 19.5 Å². The minimum absolute atomic E-state index is 0.0992. The number of anilines is 1. The van der Waals surface area contributed by atoms with E-state index < -0.39 is 71.8 Å². The summed E-state index contributed by atoms with van der Waals surface area (Å²) in [6, 6.07) is 7.00. The first-order valence-corrected chi connectivity index (χ1v) is 12.7. The number of rotatable bonds is 10. The quantitative estimate of drug-likeness (QED) is 0.166. The molecule has 1 aliphatic heterocycles. The molecule has 7 N–H and O–H groups in total. The van der Waals surface area contributed by atoms with Crippen LogP contribution in [0, 0.1) is 0 Å². The number of aromatic carboxylic acids is 1. The fourth-order valence-electron chi connectivity index (χ4n) is 3.97. The van der Waals surface area contributed by atoms with Crippen molar-refractivity contribution in [2.24, 2.45) is 0 Å². The summed E-state index contributed by atoms with van der Waals surface area (Å²) in [6.07, 6.45) is -3.51. The Morgan fingerprint density at radius 1 is 1.05 bits per heavy atom. The van der Waals surface area contributed by atoms with E-state index in [2.05, 4.69) is 14.7 Å². The Bertz CT molecular complexity index is 1490. The van der Waals surface area contributed by atoms with Crippen molar-refractivity contribution < 1.29 is 42.9 Å². The van der Waals surface area contributed by atoms with E-state index in [4.69, 9.17) is 10.5 Å². The number of imidazole rings is 1. The van der Waals surface area contributed by atoms with Crippen LogP contribution in [0.15, 0.2) is 42.9 Å². The molecule has 0 radical (unpaired) electrons. The van der Waals surface area contributed by atoms with Gasteiger partial charge in [0.2, 0.25) is 5.91 Å². The van der Waals surface area contributed by atoms with Gasteiger partial charge >= 0.3 is 16.2 Å². The number of pyridine rings is 1. The highest BCUT2D eigenvalue weighted by Crippen LogP contribution is 2.32. The van der Waals surface area contributed by atoms with Gasteiger partial charge in [0.1, 0.15) is 23.8 Å². The average Bonchev–Trinajstić information content (AvgIpc) is 3.42. The standard InChI is InChI=1S/C22H24N6O9S/c23-13-7-8-24-20-17(13)25-10-28(20)21-19(32)18(31)15(37-21)9-26-38(35,36)27-16(30)6-5-14(29)11-3-1-2-4-12(11)22(33)34/h1-4,7-8,10,15,18-19,21,26,31-32H,5-6,9H2,(H2,23,24)(H,27,30)(H,33,34)/t15-,18-,19-,21-/m1/s1. The molecule has 4 atom stereocenters. The van der Waals surface area contributed by atoms with Crippen LogP contribution >= 0.6 is 0 Å². The maximum Gasteiger partial charge on any atom is 0.336 e. The van der Waals surface area contributed by atoms with Gasteiger partial charge in [0.25, 0.3) is 0 Å². The second kappa shape index (κ2) is 10.8. The van der Waals surface area contributed by atoms with Crippen molar-refractivity contribution >= 4 is 44.7 Å². The number of carbonyl (C=O) groups excluding carboxylic acids is 2. The Hall–Kier alpha value is -3.96. The van der Waals surface area contributed by atoms with Crippen molar-refractivity contribution in [3.8, 4) is 0 Å². The summed E-state index contributed by atoms with van der Waals surface area (Å²) in [5.74, 6) is -2.97. The van der Waals surface area contributed by atoms with E-state index in [1.807, 2.05) is 0 Å². The minimum Gasteiger partial charge on any atom is -0.478 e. The monoisotopic (exact) mass is 548 g/mol. The summed E-state index contributed by atoms with van der Waals surface area (Å²) in [6.45, 7) is -0.509. The number of carboxylic acid groups (broad SMARTS) is 1. The molecule has 3 heterocycles. The van der Waals surface area contributed by atoms with Crippen molar-refractivity contribution in [3.63, 3.8) is 0 Å². The average molecular weight is 549 g/mol. The molecule has 1 fully saturated rings. The predicted octanol–water partition coefficient (Wildman–Crippen LogP) is -1.06. The van der Waals surface area contributed by atoms with Gasteiger partial charge in [0.05, 0.1) is 17.6 Å². The van der Waals surface area contributed by atoms with E-state index >= 15 is 0 Å². The highest BCUT2D eigenvalue weighted by atomic mass is 32.2. The number of Topliss-reactive ketones (excluding diaryl/α,β-unsaturated/α-hetero) is 1. The second-order valence-corrected chi connectivity index (χ2v) is 9.92. The second-order valence-electron chi connectivity index (χ2n) is 8.42. The molecule has 4 rings (SSSR count). The van der Waals surface area contributed by atoms with Crippen LogP contribution in [0.1, 0.15) is 39.8 Å². The normalized spacial score (nSPS) is 21.4. The fourth-order valence-corrected chi connectivity index (χ4v) is 4.83. The SMILES string of the molecule is Nc1ccnc2c1ncn2[C@@H]1O[C@H](CNS(=O)(=O)NC(=O)CCC(=O)c2ccccc2C(=O)O)[C@@H](O)[C@H]1O. The van der Waals surface area contributed by atoms with Crippen molar-refractivity contribution in [2.75, 3.05) is 12.3 Å². The number of ether oxygens (including phenoxy) is 1. The topological polar surface area (TPSA) is 236 Å². The van der Waals surface area contributed by atoms with Crippen molar-refractivity contribution in [1.82, 2.24) is 24.0 Å². The van der Waals surface area contributed by atoms with Crippen LogP contribution in [-0.4, -0.2) is 80.8 Å². The number of fused-ring (bicyclic) bond motifs is 1. The molecule has 0 spiro atoms. The van der Waals surface area contributed by atoms with Crippen LogP contribution in [-0.2, 0) is 19.7 Å². The number of hydrogen-bond acceptors (Lipinski definition) is 11. The zero-order chi connectivity index (χ0) is 27.6. The van der Waals surface area contributed by atoms with Gasteiger partial charge in [-0.3, -0.25) is 14.2 Å². The summed E-state index contributed by atoms with van der Waals surface area (Å²) in [5.41, 5.74) is 6.51. The zero-order valence-corrected chi connectivity index (χ0v) is 20.4. The number of aliphatic hydroxyl groups is 2. The van der Waals surface area contributed by atoms with E-state index in [-0.39, 0.29) is 16.8 Å². The van der Waals surface area contributed by atoms with Crippen molar-refractivity contribution in [1.29, 1.82) is 0 Å². The number of ketones is 1. The first-order valence-electron chi connectivity index (χ1n) is 11.2. The van der Waals surface area contributed by atoms with Gasteiger partial charge in [-0.1, -0.05) is 18.2 Å². The number of nitrogens with one attached hydrogen (secondary N) is 2. The smallest absolute Gasteiger partial charge is 0.336 e. The molecule has 0 bridgehead atoms. The lowest BCUT2D eigenvalue weighted by Gasteiger charge is -2.16. The Morgan fingerprint density at radius 3 is 2.47 bits per heavy atom. The summed E-state index contributed by atoms with van der Waals surface area (Å²) in [4.78, 5) is 44.0. The van der Waals surface area contributed by atoms with Crippen LogP contribution in [0.3, 0.4) is 0 Å². The number of nitrogen functional groups attached to an aromatic ring is 1. The third kappa shape index (κ3) is 5.63. The lowest BCUT2D eigenvalue weighted by atomic mass is 10.0. The number of amides is 1. The lowest BCUT2D eigenvalue weighted by Crippen LogP contribution is -2.45. The predicted molar refractivity (Wildman–Crippen MR) is 130 cm³/mol. The lowest BCUT2D eigenvalue weighted by molar-refractivity contribution is -0.119. The fraction of sp³-hybridized carbons (Fsp3) is 0.318. The Balaban J connectivity index is 1.32. The number of aromatic nitrogens is 3. The molecule has 3 aromatic rings. The van der Waals surface area contributed by atoms with Gasteiger partial charge < -0.3 is 25.8 Å². The van der Waals surface area contributed by atoms with Crippen LogP contribution in [0.5, 0.6) is 0 Å². The number of nitrogens with two attached hydrogens (primary N) is 1. The van der Waals surface area contributed by atoms with Gasteiger partial charge in [-0.05, 0) is 12.1 Å². The van der Waals surface area contributed by atoms with Gasteiger partial charge in [0, 0.05) is 31.1 Å². The van der Waals surface area contributed by atoms with E-state index in [1.165, 1.54) is 47.4 Å².